The Morgan fingerprint density at radius 2 is 1.90 bits per heavy atom. The van der Waals surface area contributed by atoms with Crippen molar-refractivity contribution in [2.75, 3.05) is 10.6 Å². The number of carbonyl (C=O) groups is 1. The van der Waals surface area contributed by atoms with Crippen molar-refractivity contribution in [3.05, 3.63) is 64.7 Å². The molecule has 2 rings (SSSR count). The zero-order chi connectivity index (χ0) is 15.2. The van der Waals surface area contributed by atoms with E-state index in [9.17, 15) is 4.79 Å². The van der Waals surface area contributed by atoms with Crippen LogP contribution in [0.2, 0.25) is 0 Å². The maximum Gasteiger partial charge on any atom is 0.255 e. The molecule has 0 fully saturated rings. The van der Waals surface area contributed by atoms with Gasteiger partial charge in [-0.3, -0.25) is 4.79 Å². The van der Waals surface area contributed by atoms with Gasteiger partial charge in [0.1, 0.15) is 0 Å². The SMILES string of the molecule is Cc1ccc(C(=O)Nc2cccc(CCCBr)c2)cc1C. The van der Waals surface area contributed by atoms with Crippen molar-refractivity contribution in [3.63, 3.8) is 0 Å². The lowest BCUT2D eigenvalue weighted by molar-refractivity contribution is 0.102. The van der Waals surface area contributed by atoms with Gasteiger partial charge < -0.3 is 5.32 Å². The molecule has 0 atom stereocenters. The molecular weight excluding hydrogens is 326 g/mol. The molecule has 0 aromatic heterocycles. The Morgan fingerprint density at radius 1 is 1.10 bits per heavy atom. The van der Waals surface area contributed by atoms with Crippen LogP contribution in [0.5, 0.6) is 0 Å². The molecular formula is C18H20BrNO. The average Bonchev–Trinajstić information content (AvgIpc) is 2.48. The van der Waals surface area contributed by atoms with Crippen LogP contribution in [0.1, 0.15) is 33.5 Å². The van der Waals surface area contributed by atoms with E-state index in [0.717, 1.165) is 29.4 Å². The summed E-state index contributed by atoms with van der Waals surface area (Å²) >= 11 is 3.44. The highest BCUT2D eigenvalue weighted by molar-refractivity contribution is 9.09. The molecule has 21 heavy (non-hydrogen) atoms. The Morgan fingerprint density at radius 3 is 2.62 bits per heavy atom. The van der Waals surface area contributed by atoms with Gasteiger partial charge in [0.2, 0.25) is 0 Å². The zero-order valence-corrected chi connectivity index (χ0v) is 14.0. The average molecular weight is 346 g/mol. The molecule has 0 spiro atoms. The third kappa shape index (κ3) is 4.43. The Balaban J connectivity index is 2.10. The summed E-state index contributed by atoms with van der Waals surface area (Å²) in [5.41, 5.74) is 5.12. The number of benzene rings is 2. The smallest absolute Gasteiger partial charge is 0.255 e. The molecule has 0 heterocycles. The van der Waals surface area contributed by atoms with E-state index >= 15 is 0 Å². The fourth-order valence-corrected chi connectivity index (χ4v) is 2.44. The lowest BCUT2D eigenvalue weighted by Crippen LogP contribution is -2.12. The minimum absolute atomic E-state index is 0.0595. The van der Waals surface area contributed by atoms with Gasteiger partial charge in [-0.25, -0.2) is 0 Å². The second-order valence-corrected chi connectivity index (χ2v) is 6.04. The molecule has 0 aliphatic heterocycles. The summed E-state index contributed by atoms with van der Waals surface area (Å²) in [5, 5.41) is 3.96. The minimum Gasteiger partial charge on any atom is -0.322 e. The van der Waals surface area contributed by atoms with E-state index < -0.39 is 0 Å². The fourth-order valence-electron chi connectivity index (χ4n) is 2.16. The van der Waals surface area contributed by atoms with Crippen LogP contribution < -0.4 is 5.32 Å². The highest BCUT2D eigenvalue weighted by Crippen LogP contribution is 2.15. The molecule has 0 aliphatic rings. The molecule has 0 radical (unpaired) electrons. The van der Waals surface area contributed by atoms with Crippen LogP contribution in [-0.4, -0.2) is 11.2 Å². The van der Waals surface area contributed by atoms with Crippen molar-refractivity contribution in [1.82, 2.24) is 0 Å². The van der Waals surface area contributed by atoms with Gasteiger partial charge in [-0.15, -0.1) is 0 Å². The van der Waals surface area contributed by atoms with Crippen LogP contribution in [0, 0.1) is 13.8 Å². The van der Waals surface area contributed by atoms with Gasteiger partial charge in [0.15, 0.2) is 0 Å². The molecule has 110 valence electrons. The summed E-state index contributed by atoms with van der Waals surface area (Å²) in [6, 6.07) is 13.8. The van der Waals surface area contributed by atoms with Crippen LogP contribution in [0.3, 0.4) is 0 Å². The third-order valence-corrected chi connectivity index (χ3v) is 4.11. The van der Waals surface area contributed by atoms with E-state index in [-0.39, 0.29) is 5.91 Å². The van der Waals surface area contributed by atoms with E-state index in [2.05, 4.69) is 27.3 Å². The Kier molecular flexibility index (Phi) is 5.57. The normalized spacial score (nSPS) is 10.4. The van der Waals surface area contributed by atoms with Gasteiger partial charge in [-0.1, -0.05) is 34.1 Å². The summed E-state index contributed by atoms with van der Waals surface area (Å²) < 4.78 is 0. The Labute approximate surface area is 134 Å². The monoisotopic (exact) mass is 345 g/mol. The number of carbonyl (C=O) groups excluding carboxylic acids is 1. The number of hydrogen-bond donors (Lipinski definition) is 1. The molecule has 1 N–H and O–H groups in total. The second kappa shape index (κ2) is 7.41. The summed E-state index contributed by atoms with van der Waals surface area (Å²) in [6.45, 7) is 4.07. The van der Waals surface area contributed by atoms with Crippen LogP contribution in [0.25, 0.3) is 0 Å². The first-order valence-corrected chi connectivity index (χ1v) is 8.26. The second-order valence-electron chi connectivity index (χ2n) is 5.25. The largest absolute Gasteiger partial charge is 0.322 e. The fraction of sp³-hybridized carbons (Fsp3) is 0.278. The summed E-state index contributed by atoms with van der Waals surface area (Å²) in [7, 11) is 0. The van der Waals surface area contributed by atoms with Gasteiger partial charge in [0.05, 0.1) is 0 Å². The highest BCUT2D eigenvalue weighted by atomic mass is 79.9. The standard InChI is InChI=1S/C18H20BrNO/c1-13-8-9-16(11-14(13)2)18(21)20-17-7-3-5-15(12-17)6-4-10-19/h3,5,7-9,11-12H,4,6,10H2,1-2H3,(H,20,21). The van der Waals surface area contributed by atoms with Crippen molar-refractivity contribution < 1.29 is 4.79 Å². The number of anilines is 1. The van der Waals surface area contributed by atoms with E-state index in [1.54, 1.807) is 0 Å². The molecule has 0 saturated carbocycles. The van der Waals surface area contributed by atoms with Gasteiger partial charge in [0.25, 0.3) is 5.91 Å². The van der Waals surface area contributed by atoms with Crippen LogP contribution in [0.15, 0.2) is 42.5 Å². The van der Waals surface area contributed by atoms with Gasteiger partial charge in [0, 0.05) is 16.6 Å². The van der Waals surface area contributed by atoms with Gasteiger partial charge in [-0.05, 0) is 67.6 Å². The van der Waals surface area contributed by atoms with E-state index in [1.165, 1.54) is 11.1 Å². The summed E-state index contributed by atoms with van der Waals surface area (Å²) in [4.78, 5) is 12.3. The topological polar surface area (TPSA) is 29.1 Å². The van der Waals surface area contributed by atoms with Crippen molar-refractivity contribution >= 4 is 27.5 Å². The number of hydrogen-bond acceptors (Lipinski definition) is 1. The minimum atomic E-state index is -0.0595. The maximum atomic E-state index is 12.3. The zero-order valence-electron chi connectivity index (χ0n) is 12.4. The van der Waals surface area contributed by atoms with E-state index in [1.807, 2.05) is 50.2 Å². The quantitative estimate of drug-likeness (QED) is 0.768. The predicted molar refractivity (Wildman–Crippen MR) is 92.4 cm³/mol. The molecule has 2 aromatic carbocycles. The molecule has 2 nitrogen and oxygen atoms in total. The van der Waals surface area contributed by atoms with Crippen molar-refractivity contribution in [2.45, 2.75) is 26.7 Å². The molecule has 3 heteroatoms. The third-order valence-electron chi connectivity index (χ3n) is 3.55. The molecule has 0 bridgehead atoms. The van der Waals surface area contributed by atoms with Crippen molar-refractivity contribution in [1.29, 1.82) is 0 Å². The summed E-state index contributed by atoms with van der Waals surface area (Å²) in [5.74, 6) is -0.0595. The number of alkyl halides is 1. The highest BCUT2D eigenvalue weighted by Gasteiger charge is 2.07. The Bertz CT molecular complexity index is 637. The summed E-state index contributed by atoms with van der Waals surface area (Å²) in [6.07, 6.45) is 2.10. The molecule has 2 aromatic rings. The first-order valence-electron chi connectivity index (χ1n) is 7.13. The number of rotatable bonds is 5. The Hall–Kier alpha value is -1.61. The van der Waals surface area contributed by atoms with Crippen LogP contribution >= 0.6 is 15.9 Å². The van der Waals surface area contributed by atoms with Crippen LogP contribution in [-0.2, 0) is 6.42 Å². The van der Waals surface area contributed by atoms with Crippen molar-refractivity contribution in [2.24, 2.45) is 0 Å². The predicted octanol–water partition coefficient (Wildman–Crippen LogP) is 4.88. The van der Waals surface area contributed by atoms with E-state index in [0.29, 0.717) is 5.56 Å². The number of aryl methyl sites for hydroxylation is 3. The first-order chi connectivity index (χ1) is 10.1. The van der Waals surface area contributed by atoms with Crippen molar-refractivity contribution in [3.8, 4) is 0 Å². The van der Waals surface area contributed by atoms with Crippen LogP contribution in [0.4, 0.5) is 5.69 Å². The first kappa shape index (κ1) is 15.8. The molecule has 0 saturated heterocycles. The lowest BCUT2D eigenvalue weighted by Gasteiger charge is -2.09. The maximum absolute atomic E-state index is 12.3. The molecule has 1 amide bonds. The van der Waals surface area contributed by atoms with E-state index in [4.69, 9.17) is 0 Å². The number of halogens is 1. The molecule has 0 unspecified atom stereocenters. The number of amides is 1. The van der Waals surface area contributed by atoms with Gasteiger partial charge in [-0.2, -0.15) is 0 Å². The van der Waals surface area contributed by atoms with Gasteiger partial charge >= 0.3 is 0 Å². The molecule has 0 aliphatic carbocycles. The lowest BCUT2D eigenvalue weighted by atomic mass is 10.1. The number of nitrogens with one attached hydrogen (secondary N) is 1.